The number of carbonyl (C=O) groups is 2. The third kappa shape index (κ3) is 3.87. The third-order valence-corrected chi connectivity index (χ3v) is 2.54. The van der Waals surface area contributed by atoms with Gasteiger partial charge in [0.25, 0.3) is 0 Å². The van der Waals surface area contributed by atoms with Crippen LogP contribution in [0.3, 0.4) is 0 Å². The van der Waals surface area contributed by atoms with E-state index in [9.17, 15) is 9.59 Å². The van der Waals surface area contributed by atoms with Gasteiger partial charge in [-0.15, -0.1) is 0 Å². The van der Waals surface area contributed by atoms with Gasteiger partial charge in [-0.1, -0.05) is 20.3 Å². The molecule has 2 N–H and O–H groups in total. The first-order chi connectivity index (χ1) is 6.40. The fraction of sp³-hybridized carbons (Fsp3) is 0.800. The maximum absolute atomic E-state index is 11.2. The number of rotatable bonds is 6. The quantitative estimate of drug-likeness (QED) is 0.675. The summed E-state index contributed by atoms with van der Waals surface area (Å²) in [4.78, 5) is 22.0. The molecule has 0 aromatic rings. The topological polar surface area (TPSA) is 74.6 Å². The fourth-order valence-corrected chi connectivity index (χ4v) is 1.20. The number of Topliss-reactive ketones (excluding diaryl/α,β-unsaturated/α-hetero) is 1. The van der Waals surface area contributed by atoms with Gasteiger partial charge in [0, 0.05) is 6.42 Å². The number of hydrogen-bond donors (Lipinski definition) is 2. The van der Waals surface area contributed by atoms with Crippen molar-refractivity contribution in [3.05, 3.63) is 0 Å². The van der Waals surface area contributed by atoms with Crippen LogP contribution in [0.2, 0.25) is 0 Å². The molecule has 4 heteroatoms. The molecule has 0 bridgehead atoms. The first-order valence-corrected chi connectivity index (χ1v) is 4.83. The number of ketones is 1. The number of hydrogen-bond acceptors (Lipinski definition) is 3. The van der Waals surface area contributed by atoms with Crippen LogP contribution in [0.5, 0.6) is 0 Å². The highest BCUT2D eigenvalue weighted by molar-refractivity contribution is 5.86. The van der Waals surface area contributed by atoms with Gasteiger partial charge in [0.2, 0.25) is 0 Å². The van der Waals surface area contributed by atoms with E-state index in [1.807, 2.05) is 6.92 Å². The summed E-state index contributed by atoms with van der Waals surface area (Å²) in [6.07, 6.45) is -0.438. The first-order valence-electron chi connectivity index (χ1n) is 4.83. The smallest absolute Gasteiger partial charge is 0.307 e. The monoisotopic (exact) mass is 202 g/mol. The lowest BCUT2D eigenvalue weighted by Gasteiger charge is -2.18. The van der Waals surface area contributed by atoms with E-state index in [4.69, 9.17) is 10.2 Å². The summed E-state index contributed by atoms with van der Waals surface area (Å²) in [5.74, 6) is -2.09. The zero-order valence-electron chi connectivity index (χ0n) is 8.86. The molecule has 0 rings (SSSR count). The van der Waals surface area contributed by atoms with E-state index in [1.54, 1.807) is 6.92 Å². The second-order valence-corrected chi connectivity index (χ2v) is 3.68. The fourth-order valence-electron chi connectivity index (χ4n) is 1.20. The predicted molar refractivity (Wildman–Crippen MR) is 51.9 cm³/mol. The summed E-state index contributed by atoms with van der Waals surface area (Å²) in [7, 11) is 0. The summed E-state index contributed by atoms with van der Waals surface area (Å²) >= 11 is 0. The van der Waals surface area contributed by atoms with Crippen molar-refractivity contribution in [1.29, 1.82) is 0 Å². The molecule has 4 nitrogen and oxygen atoms in total. The van der Waals surface area contributed by atoms with Crippen LogP contribution in [0.25, 0.3) is 0 Å². The molecule has 0 heterocycles. The van der Waals surface area contributed by atoms with Crippen LogP contribution in [0, 0.1) is 11.8 Å². The van der Waals surface area contributed by atoms with Gasteiger partial charge in [-0.2, -0.15) is 0 Å². The highest BCUT2D eigenvalue weighted by Crippen LogP contribution is 2.20. The van der Waals surface area contributed by atoms with E-state index in [0.29, 0.717) is 6.42 Å². The van der Waals surface area contributed by atoms with Crippen LogP contribution in [0.1, 0.15) is 33.6 Å². The Morgan fingerprint density at radius 1 is 1.29 bits per heavy atom. The Bertz CT molecular complexity index is 210. The Hall–Kier alpha value is -0.900. The molecule has 0 fully saturated rings. The molecule has 0 aliphatic carbocycles. The van der Waals surface area contributed by atoms with Gasteiger partial charge in [-0.05, 0) is 12.8 Å². The second-order valence-electron chi connectivity index (χ2n) is 3.68. The first kappa shape index (κ1) is 13.1. The molecule has 0 aromatic carbocycles. The minimum atomic E-state index is -1.07. The number of aliphatic hydroxyl groups excluding tert-OH is 1. The number of aliphatic hydroxyl groups is 1. The zero-order chi connectivity index (χ0) is 11.3. The average molecular weight is 202 g/mol. The molecule has 82 valence electrons. The van der Waals surface area contributed by atoms with Crippen LogP contribution in [-0.4, -0.2) is 28.1 Å². The highest BCUT2D eigenvalue weighted by atomic mass is 16.4. The summed E-state index contributed by atoms with van der Waals surface area (Å²) in [5.41, 5.74) is 0. The van der Waals surface area contributed by atoms with Gasteiger partial charge in [0.15, 0.2) is 5.78 Å². The summed E-state index contributed by atoms with van der Waals surface area (Å²) < 4.78 is 0. The molecule has 0 saturated heterocycles. The lowest BCUT2D eigenvalue weighted by atomic mass is 9.87. The Morgan fingerprint density at radius 2 is 1.79 bits per heavy atom. The highest BCUT2D eigenvalue weighted by Gasteiger charge is 2.27. The van der Waals surface area contributed by atoms with Crippen molar-refractivity contribution in [2.45, 2.75) is 39.7 Å². The van der Waals surface area contributed by atoms with Gasteiger partial charge in [-0.3, -0.25) is 9.59 Å². The molecule has 0 radical (unpaired) electrons. The minimum absolute atomic E-state index is 0.0461. The van der Waals surface area contributed by atoms with Gasteiger partial charge in [0.05, 0.1) is 5.92 Å². The van der Waals surface area contributed by atoms with Crippen molar-refractivity contribution in [3.8, 4) is 0 Å². The number of aliphatic carboxylic acids is 1. The van der Waals surface area contributed by atoms with Gasteiger partial charge >= 0.3 is 5.97 Å². The molecule has 3 atom stereocenters. The molecule has 0 spiro atoms. The van der Waals surface area contributed by atoms with Crippen LogP contribution in [0.4, 0.5) is 0 Å². The molecule has 0 unspecified atom stereocenters. The summed E-state index contributed by atoms with van der Waals surface area (Å²) in [6, 6.07) is 0. The van der Waals surface area contributed by atoms with Crippen molar-refractivity contribution in [2.75, 3.05) is 0 Å². The molecular formula is C10H18O4. The van der Waals surface area contributed by atoms with Crippen molar-refractivity contribution >= 4 is 11.8 Å². The second kappa shape index (κ2) is 5.75. The Kier molecular flexibility index (Phi) is 5.38. The molecule has 0 aromatic heterocycles. The van der Waals surface area contributed by atoms with Crippen LogP contribution in [-0.2, 0) is 9.59 Å². The van der Waals surface area contributed by atoms with Gasteiger partial charge < -0.3 is 10.2 Å². The molecule has 0 amide bonds. The molecule has 14 heavy (non-hydrogen) atoms. The van der Waals surface area contributed by atoms with Crippen molar-refractivity contribution < 1.29 is 19.8 Å². The SMILES string of the molecule is CC[C@@H](C)[C@H](CC(=O)[C@H](C)O)C(=O)O. The Morgan fingerprint density at radius 3 is 2.07 bits per heavy atom. The van der Waals surface area contributed by atoms with Crippen molar-refractivity contribution in [1.82, 2.24) is 0 Å². The lowest BCUT2D eigenvalue weighted by Crippen LogP contribution is -2.28. The largest absolute Gasteiger partial charge is 0.481 e. The van der Waals surface area contributed by atoms with E-state index in [1.165, 1.54) is 6.92 Å². The van der Waals surface area contributed by atoms with Crippen LogP contribution in [0.15, 0.2) is 0 Å². The lowest BCUT2D eigenvalue weighted by molar-refractivity contribution is -0.146. The minimum Gasteiger partial charge on any atom is -0.481 e. The van der Waals surface area contributed by atoms with Crippen LogP contribution < -0.4 is 0 Å². The molecule has 0 aliphatic heterocycles. The molecular weight excluding hydrogens is 184 g/mol. The Labute approximate surface area is 83.9 Å². The number of carbonyl (C=O) groups excluding carboxylic acids is 1. The standard InChI is InChI=1S/C10H18O4/c1-4-6(2)8(10(13)14)5-9(12)7(3)11/h6-8,11H,4-5H2,1-3H3,(H,13,14)/t6-,7+,8+/m1/s1. The van der Waals surface area contributed by atoms with E-state index >= 15 is 0 Å². The van der Waals surface area contributed by atoms with Crippen molar-refractivity contribution in [2.24, 2.45) is 11.8 Å². The zero-order valence-corrected chi connectivity index (χ0v) is 8.86. The van der Waals surface area contributed by atoms with E-state index in [2.05, 4.69) is 0 Å². The number of carboxylic acid groups (broad SMARTS) is 1. The summed E-state index contributed by atoms with van der Waals surface area (Å²) in [5, 5.41) is 17.8. The van der Waals surface area contributed by atoms with Crippen molar-refractivity contribution in [3.63, 3.8) is 0 Å². The normalized spacial score (nSPS) is 17.1. The van der Waals surface area contributed by atoms with E-state index < -0.39 is 23.8 Å². The average Bonchev–Trinajstić information content (AvgIpc) is 2.11. The van der Waals surface area contributed by atoms with Crippen LogP contribution >= 0.6 is 0 Å². The Balaban J connectivity index is 4.38. The molecule has 0 aliphatic rings. The van der Waals surface area contributed by atoms with E-state index in [0.717, 1.165) is 0 Å². The summed E-state index contributed by atoms with van der Waals surface area (Å²) in [6.45, 7) is 5.04. The molecule has 0 saturated carbocycles. The maximum Gasteiger partial charge on any atom is 0.307 e. The van der Waals surface area contributed by atoms with Gasteiger partial charge in [-0.25, -0.2) is 0 Å². The van der Waals surface area contributed by atoms with E-state index in [-0.39, 0.29) is 12.3 Å². The third-order valence-electron chi connectivity index (χ3n) is 2.54. The number of carboxylic acids is 1. The van der Waals surface area contributed by atoms with Gasteiger partial charge in [0.1, 0.15) is 6.10 Å². The maximum atomic E-state index is 11.2. The predicted octanol–water partition coefficient (Wildman–Crippen LogP) is 1.07.